The fourth-order valence-corrected chi connectivity index (χ4v) is 3.12. The van der Waals surface area contributed by atoms with Crippen LogP contribution in [-0.2, 0) is 4.79 Å². The maximum Gasteiger partial charge on any atom is 0.308 e. The normalized spacial score (nSPS) is 24.3. The van der Waals surface area contributed by atoms with Crippen LogP contribution >= 0.6 is 0 Å². The van der Waals surface area contributed by atoms with Crippen LogP contribution in [0.2, 0.25) is 0 Å². The highest BCUT2D eigenvalue weighted by molar-refractivity contribution is 5.95. The zero-order chi connectivity index (χ0) is 16.4. The smallest absolute Gasteiger partial charge is 0.308 e. The highest BCUT2D eigenvalue weighted by Gasteiger charge is 2.35. The van der Waals surface area contributed by atoms with E-state index in [2.05, 4.69) is 0 Å². The van der Waals surface area contributed by atoms with Gasteiger partial charge in [-0.3, -0.25) is 9.59 Å². The zero-order valence-electron chi connectivity index (χ0n) is 13.4. The Kier molecular flexibility index (Phi) is 4.55. The lowest BCUT2D eigenvalue weighted by molar-refractivity contribution is -0.144. The highest BCUT2D eigenvalue weighted by Crippen LogP contribution is 2.30. The molecule has 0 aromatic heterocycles. The summed E-state index contributed by atoms with van der Waals surface area (Å²) in [6, 6.07) is 6.89. The van der Waals surface area contributed by atoms with E-state index < -0.39 is 11.9 Å². The Morgan fingerprint density at radius 2 is 1.91 bits per heavy atom. The first-order chi connectivity index (χ1) is 11.1. The second-order valence-electron chi connectivity index (χ2n) is 6.60. The van der Waals surface area contributed by atoms with Crippen molar-refractivity contribution in [1.82, 2.24) is 4.90 Å². The lowest BCUT2D eigenvalue weighted by atomic mass is 9.90. The molecule has 1 saturated carbocycles. The van der Waals surface area contributed by atoms with Crippen LogP contribution < -0.4 is 4.74 Å². The Labute approximate surface area is 136 Å². The molecule has 1 aliphatic carbocycles. The van der Waals surface area contributed by atoms with E-state index in [1.54, 1.807) is 17.0 Å². The second kappa shape index (κ2) is 6.60. The largest absolute Gasteiger partial charge is 0.493 e. The van der Waals surface area contributed by atoms with Gasteiger partial charge in [-0.1, -0.05) is 0 Å². The molecular formula is C18H23NO4. The van der Waals surface area contributed by atoms with Crippen LogP contribution in [0.15, 0.2) is 24.3 Å². The molecule has 1 aromatic carbocycles. The summed E-state index contributed by atoms with van der Waals surface area (Å²) in [5.41, 5.74) is 0.585. The zero-order valence-corrected chi connectivity index (χ0v) is 13.4. The van der Waals surface area contributed by atoms with Crippen LogP contribution in [0.25, 0.3) is 0 Å². The lowest BCUT2D eigenvalue weighted by Gasteiger charge is -2.37. The molecule has 2 aliphatic rings. The van der Waals surface area contributed by atoms with Gasteiger partial charge in [-0.15, -0.1) is 0 Å². The van der Waals surface area contributed by atoms with Crippen LogP contribution in [0.4, 0.5) is 0 Å². The van der Waals surface area contributed by atoms with Crippen molar-refractivity contribution in [3.05, 3.63) is 29.8 Å². The van der Waals surface area contributed by atoms with Crippen LogP contribution in [0.5, 0.6) is 5.75 Å². The number of aliphatic carboxylic acids is 1. The van der Waals surface area contributed by atoms with Gasteiger partial charge in [-0.25, -0.2) is 0 Å². The molecule has 2 fully saturated rings. The summed E-state index contributed by atoms with van der Waals surface area (Å²) in [6.45, 7) is 3.18. The number of ether oxygens (including phenoxy) is 1. The number of carboxylic acid groups (broad SMARTS) is 1. The number of carbonyl (C=O) groups is 2. The van der Waals surface area contributed by atoms with Gasteiger partial charge in [0.05, 0.1) is 12.5 Å². The van der Waals surface area contributed by atoms with E-state index >= 15 is 0 Å². The van der Waals surface area contributed by atoms with Crippen LogP contribution in [-0.4, -0.2) is 41.1 Å². The number of hydrogen-bond donors (Lipinski definition) is 1. The molecule has 5 heteroatoms. The number of amides is 1. The molecule has 0 unspecified atom stereocenters. The topological polar surface area (TPSA) is 66.8 Å². The SMILES string of the molecule is C[C@@H]1[C@H](C(=O)O)CCCN1C(=O)c1ccc(OCC2CC2)cc1. The first-order valence-electron chi connectivity index (χ1n) is 8.33. The van der Waals surface area contributed by atoms with E-state index in [1.807, 2.05) is 19.1 Å². The Hall–Kier alpha value is -2.04. The maximum absolute atomic E-state index is 12.7. The summed E-state index contributed by atoms with van der Waals surface area (Å²) in [5.74, 6) is 0.0758. The molecule has 1 N–H and O–H groups in total. The predicted molar refractivity (Wildman–Crippen MR) is 85.5 cm³/mol. The predicted octanol–water partition coefficient (Wildman–Crippen LogP) is 2.80. The van der Waals surface area contributed by atoms with E-state index in [9.17, 15) is 14.7 Å². The summed E-state index contributed by atoms with van der Waals surface area (Å²) >= 11 is 0. The molecule has 124 valence electrons. The lowest BCUT2D eigenvalue weighted by Crippen LogP contribution is -2.49. The van der Waals surface area contributed by atoms with Crippen molar-refractivity contribution in [1.29, 1.82) is 0 Å². The van der Waals surface area contributed by atoms with Crippen molar-refractivity contribution in [2.24, 2.45) is 11.8 Å². The standard InChI is InChI=1S/C18H23NO4/c1-12-16(18(21)22)3-2-10-19(12)17(20)14-6-8-15(9-7-14)23-11-13-4-5-13/h6-9,12-13,16H,2-5,10-11H2,1H3,(H,21,22)/t12-,16-/m1/s1. The van der Waals surface area contributed by atoms with Crippen LogP contribution in [0, 0.1) is 11.8 Å². The van der Waals surface area contributed by atoms with E-state index in [0.717, 1.165) is 18.8 Å². The van der Waals surface area contributed by atoms with Gasteiger partial charge in [0.25, 0.3) is 5.91 Å². The molecule has 0 bridgehead atoms. The molecule has 1 amide bonds. The molecule has 1 saturated heterocycles. The number of hydrogen-bond acceptors (Lipinski definition) is 3. The van der Waals surface area contributed by atoms with Crippen molar-refractivity contribution >= 4 is 11.9 Å². The summed E-state index contributed by atoms with van der Waals surface area (Å²) in [4.78, 5) is 25.6. The first kappa shape index (κ1) is 15.8. The van der Waals surface area contributed by atoms with Crippen molar-refractivity contribution in [2.45, 2.75) is 38.6 Å². The van der Waals surface area contributed by atoms with Crippen molar-refractivity contribution in [3.63, 3.8) is 0 Å². The second-order valence-corrected chi connectivity index (χ2v) is 6.60. The fraction of sp³-hybridized carbons (Fsp3) is 0.556. The maximum atomic E-state index is 12.7. The third kappa shape index (κ3) is 3.66. The van der Waals surface area contributed by atoms with Crippen molar-refractivity contribution < 1.29 is 19.4 Å². The van der Waals surface area contributed by atoms with Crippen molar-refractivity contribution in [2.75, 3.05) is 13.2 Å². The minimum absolute atomic E-state index is 0.0998. The molecule has 3 rings (SSSR count). The van der Waals surface area contributed by atoms with Gasteiger partial charge in [0.1, 0.15) is 5.75 Å². The first-order valence-corrected chi connectivity index (χ1v) is 8.33. The average Bonchev–Trinajstić information content (AvgIpc) is 3.37. The van der Waals surface area contributed by atoms with Crippen LogP contribution in [0.1, 0.15) is 43.0 Å². The molecule has 1 heterocycles. The minimum Gasteiger partial charge on any atom is -0.493 e. The summed E-state index contributed by atoms with van der Waals surface area (Å²) in [5, 5.41) is 9.27. The van der Waals surface area contributed by atoms with Gasteiger partial charge in [-0.2, -0.15) is 0 Å². The number of carbonyl (C=O) groups excluding carboxylic acids is 1. The minimum atomic E-state index is -0.821. The number of piperidine rings is 1. The average molecular weight is 317 g/mol. The third-order valence-electron chi connectivity index (χ3n) is 4.85. The number of carboxylic acids is 1. The fourth-order valence-electron chi connectivity index (χ4n) is 3.12. The number of likely N-dealkylation sites (tertiary alicyclic amines) is 1. The molecule has 1 aliphatic heterocycles. The summed E-state index contributed by atoms with van der Waals surface area (Å²) < 4.78 is 5.68. The molecular weight excluding hydrogens is 294 g/mol. The molecule has 1 aromatic rings. The van der Waals surface area contributed by atoms with Crippen molar-refractivity contribution in [3.8, 4) is 5.75 Å². The van der Waals surface area contributed by atoms with Gasteiger partial charge in [0.15, 0.2) is 0 Å². The van der Waals surface area contributed by atoms with Gasteiger partial charge < -0.3 is 14.7 Å². The number of nitrogens with zero attached hydrogens (tertiary/aromatic N) is 1. The molecule has 0 radical (unpaired) electrons. The number of benzene rings is 1. The summed E-state index contributed by atoms with van der Waals surface area (Å²) in [7, 11) is 0. The Balaban J connectivity index is 1.65. The Bertz CT molecular complexity index is 579. The van der Waals surface area contributed by atoms with E-state index in [-0.39, 0.29) is 11.9 Å². The Morgan fingerprint density at radius 3 is 2.52 bits per heavy atom. The molecule has 0 spiro atoms. The number of rotatable bonds is 5. The monoisotopic (exact) mass is 317 g/mol. The third-order valence-corrected chi connectivity index (χ3v) is 4.85. The van der Waals surface area contributed by atoms with Gasteiger partial charge in [0.2, 0.25) is 0 Å². The van der Waals surface area contributed by atoms with Crippen LogP contribution in [0.3, 0.4) is 0 Å². The molecule has 2 atom stereocenters. The van der Waals surface area contributed by atoms with Gasteiger partial charge >= 0.3 is 5.97 Å². The van der Waals surface area contributed by atoms with Gasteiger partial charge in [-0.05, 0) is 62.8 Å². The van der Waals surface area contributed by atoms with E-state index in [4.69, 9.17) is 4.74 Å². The molecule has 5 nitrogen and oxygen atoms in total. The quantitative estimate of drug-likeness (QED) is 0.907. The highest BCUT2D eigenvalue weighted by atomic mass is 16.5. The molecule has 23 heavy (non-hydrogen) atoms. The van der Waals surface area contributed by atoms with E-state index in [0.29, 0.717) is 24.4 Å². The summed E-state index contributed by atoms with van der Waals surface area (Å²) in [6.07, 6.45) is 3.85. The Morgan fingerprint density at radius 1 is 1.22 bits per heavy atom. The van der Waals surface area contributed by atoms with E-state index in [1.165, 1.54) is 12.8 Å². The van der Waals surface area contributed by atoms with Gasteiger partial charge in [0, 0.05) is 18.2 Å².